The van der Waals surface area contributed by atoms with Gasteiger partial charge in [0.2, 0.25) is 5.91 Å². The van der Waals surface area contributed by atoms with E-state index in [0.717, 1.165) is 5.56 Å². The fourth-order valence-electron chi connectivity index (χ4n) is 2.97. The fourth-order valence-corrected chi connectivity index (χ4v) is 2.97. The summed E-state index contributed by atoms with van der Waals surface area (Å²) in [6, 6.07) is 9.42. The van der Waals surface area contributed by atoms with Crippen LogP contribution in [0.1, 0.15) is 38.2 Å². The molecule has 2 rings (SSSR count). The van der Waals surface area contributed by atoms with E-state index >= 15 is 0 Å². The van der Waals surface area contributed by atoms with Crippen molar-refractivity contribution in [3.05, 3.63) is 35.9 Å². The Morgan fingerprint density at radius 3 is 2.47 bits per heavy atom. The molecule has 5 atom stereocenters. The van der Waals surface area contributed by atoms with Gasteiger partial charge in [0.15, 0.2) is 6.29 Å². The molecule has 1 heterocycles. The third kappa shape index (κ3) is 8.00. The Morgan fingerprint density at radius 2 is 1.73 bits per heavy atom. The maximum Gasteiger partial charge on any atom is 0.306 e. The summed E-state index contributed by atoms with van der Waals surface area (Å²) in [5.41, 5.74) is 0.929. The molecule has 0 spiro atoms. The van der Waals surface area contributed by atoms with Crippen LogP contribution in [-0.2, 0) is 30.4 Å². The molecule has 1 fully saturated rings. The first kappa shape index (κ1) is 24.2. The summed E-state index contributed by atoms with van der Waals surface area (Å²) < 4.78 is 15.8. The van der Waals surface area contributed by atoms with Crippen LogP contribution in [0.15, 0.2) is 30.3 Å². The molecule has 1 saturated heterocycles. The monoisotopic (exact) mass is 425 g/mol. The smallest absolute Gasteiger partial charge is 0.306 e. The first-order chi connectivity index (χ1) is 14.4. The zero-order valence-corrected chi connectivity index (χ0v) is 17.1. The molecule has 0 unspecified atom stereocenters. The van der Waals surface area contributed by atoms with Crippen LogP contribution in [0.25, 0.3) is 0 Å². The van der Waals surface area contributed by atoms with Gasteiger partial charge < -0.3 is 34.8 Å². The van der Waals surface area contributed by atoms with Crippen LogP contribution in [0.3, 0.4) is 0 Å². The minimum absolute atomic E-state index is 0.0782. The van der Waals surface area contributed by atoms with E-state index in [9.17, 15) is 24.9 Å². The Morgan fingerprint density at radius 1 is 1.03 bits per heavy atom. The molecular formula is C21H31NO8. The van der Waals surface area contributed by atoms with Crippen LogP contribution in [0, 0.1) is 0 Å². The van der Waals surface area contributed by atoms with Crippen molar-refractivity contribution in [3.63, 3.8) is 0 Å². The standard InChI is InChI=1S/C21H31NO8/c1-14-18(25)19(26)20(27)21(30-14)28-12-11-22-16(23)9-5-6-10-17(24)29-13-15-7-3-2-4-8-15/h2-4,7-8,14,18-21,25-27H,5-6,9-13H2,1H3,(H,22,23)/t14-,18+,19+,20-,21+/m0/s1. The maximum atomic E-state index is 11.8. The topological polar surface area (TPSA) is 135 Å². The summed E-state index contributed by atoms with van der Waals surface area (Å²) in [6.07, 6.45) is -4.02. The van der Waals surface area contributed by atoms with Crippen molar-refractivity contribution in [2.45, 2.75) is 69.9 Å². The van der Waals surface area contributed by atoms with Gasteiger partial charge in [-0.15, -0.1) is 0 Å². The number of unbranched alkanes of at least 4 members (excludes halogenated alkanes) is 1. The van der Waals surface area contributed by atoms with Crippen molar-refractivity contribution in [3.8, 4) is 0 Å². The average molecular weight is 425 g/mol. The zero-order chi connectivity index (χ0) is 21.9. The van der Waals surface area contributed by atoms with Crippen LogP contribution in [-0.4, -0.2) is 71.1 Å². The number of esters is 1. The number of ether oxygens (including phenoxy) is 3. The summed E-state index contributed by atoms with van der Waals surface area (Å²) >= 11 is 0. The van der Waals surface area contributed by atoms with Gasteiger partial charge in [0.25, 0.3) is 0 Å². The van der Waals surface area contributed by atoms with Gasteiger partial charge >= 0.3 is 5.97 Å². The SMILES string of the molecule is C[C@@H]1O[C@@H](OCCNC(=O)CCCCC(=O)OCc2ccccc2)[C@@H](O)[C@H](O)[C@@H]1O. The number of amides is 1. The number of hydrogen-bond acceptors (Lipinski definition) is 8. The van der Waals surface area contributed by atoms with Crippen molar-refractivity contribution in [1.82, 2.24) is 5.32 Å². The third-order valence-corrected chi connectivity index (χ3v) is 4.79. The first-order valence-electron chi connectivity index (χ1n) is 10.2. The van der Waals surface area contributed by atoms with Crippen molar-refractivity contribution in [2.24, 2.45) is 0 Å². The Balaban J connectivity index is 1.49. The number of benzene rings is 1. The number of aliphatic hydroxyl groups excluding tert-OH is 3. The molecule has 1 aliphatic rings. The summed E-state index contributed by atoms with van der Waals surface area (Å²) in [5.74, 6) is -0.467. The number of carbonyl (C=O) groups is 2. The molecule has 9 nitrogen and oxygen atoms in total. The number of nitrogens with one attached hydrogen (secondary N) is 1. The summed E-state index contributed by atoms with van der Waals surface area (Å²) in [5, 5.41) is 31.9. The van der Waals surface area contributed by atoms with Gasteiger partial charge in [0.1, 0.15) is 24.9 Å². The van der Waals surface area contributed by atoms with Gasteiger partial charge in [-0.05, 0) is 25.3 Å². The van der Waals surface area contributed by atoms with E-state index in [1.165, 1.54) is 0 Å². The van der Waals surface area contributed by atoms with E-state index in [2.05, 4.69) is 5.32 Å². The van der Waals surface area contributed by atoms with Crippen molar-refractivity contribution < 1.29 is 39.1 Å². The van der Waals surface area contributed by atoms with Gasteiger partial charge in [0, 0.05) is 19.4 Å². The molecule has 1 aromatic carbocycles. The highest BCUT2D eigenvalue weighted by Gasteiger charge is 2.42. The van der Waals surface area contributed by atoms with Crippen molar-refractivity contribution in [2.75, 3.05) is 13.2 Å². The Hall–Kier alpha value is -2.04. The van der Waals surface area contributed by atoms with E-state index < -0.39 is 30.7 Å². The molecule has 9 heteroatoms. The van der Waals surface area contributed by atoms with Crippen LogP contribution >= 0.6 is 0 Å². The van der Waals surface area contributed by atoms with Crippen LogP contribution in [0.2, 0.25) is 0 Å². The van der Waals surface area contributed by atoms with Gasteiger partial charge in [0.05, 0.1) is 12.7 Å². The van der Waals surface area contributed by atoms with E-state index in [4.69, 9.17) is 14.2 Å². The molecule has 1 aliphatic heterocycles. The molecular weight excluding hydrogens is 394 g/mol. The lowest BCUT2D eigenvalue weighted by molar-refractivity contribution is -0.292. The second kappa shape index (κ2) is 12.6. The normalized spacial score (nSPS) is 26.2. The molecule has 0 aliphatic carbocycles. The molecule has 0 bridgehead atoms. The predicted molar refractivity (Wildman–Crippen MR) is 106 cm³/mol. The van der Waals surface area contributed by atoms with Crippen LogP contribution < -0.4 is 5.32 Å². The minimum atomic E-state index is -1.37. The van der Waals surface area contributed by atoms with Gasteiger partial charge in [-0.1, -0.05) is 30.3 Å². The quantitative estimate of drug-likeness (QED) is 0.293. The average Bonchev–Trinajstić information content (AvgIpc) is 2.75. The molecule has 168 valence electrons. The molecule has 1 amide bonds. The molecule has 30 heavy (non-hydrogen) atoms. The fraction of sp³-hybridized carbons (Fsp3) is 0.619. The Bertz CT molecular complexity index is 656. The molecule has 0 radical (unpaired) electrons. The lowest BCUT2D eigenvalue weighted by Crippen LogP contribution is -2.57. The highest BCUT2D eigenvalue weighted by molar-refractivity contribution is 5.75. The zero-order valence-electron chi connectivity index (χ0n) is 17.1. The molecule has 1 aromatic rings. The summed E-state index contributed by atoms with van der Waals surface area (Å²) in [7, 11) is 0. The van der Waals surface area contributed by atoms with E-state index in [0.29, 0.717) is 12.8 Å². The maximum absolute atomic E-state index is 11.8. The number of hydrogen-bond donors (Lipinski definition) is 4. The Labute approximate surface area is 175 Å². The first-order valence-corrected chi connectivity index (χ1v) is 10.2. The van der Waals surface area contributed by atoms with Crippen molar-refractivity contribution in [1.29, 1.82) is 0 Å². The lowest BCUT2D eigenvalue weighted by Gasteiger charge is -2.38. The number of rotatable bonds is 11. The molecule has 0 saturated carbocycles. The van der Waals surface area contributed by atoms with Crippen molar-refractivity contribution >= 4 is 11.9 Å². The second-order valence-corrected chi connectivity index (χ2v) is 7.26. The largest absolute Gasteiger partial charge is 0.461 e. The van der Waals surface area contributed by atoms with Crippen LogP contribution in [0.5, 0.6) is 0 Å². The minimum Gasteiger partial charge on any atom is -0.461 e. The van der Waals surface area contributed by atoms with E-state index in [-0.39, 0.29) is 44.5 Å². The van der Waals surface area contributed by atoms with Gasteiger partial charge in [-0.2, -0.15) is 0 Å². The number of carbonyl (C=O) groups excluding carboxylic acids is 2. The third-order valence-electron chi connectivity index (χ3n) is 4.79. The van der Waals surface area contributed by atoms with Gasteiger partial charge in [-0.25, -0.2) is 0 Å². The van der Waals surface area contributed by atoms with E-state index in [1.807, 2.05) is 30.3 Å². The highest BCUT2D eigenvalue weighted by atomic mass is 16.7. The lowest BCUT2D eigenvalue weighted by atomic mass is 10.0. The highest BCUT2D eigenvalue weighted by Crippen LogP contribution is 2.21. The molecule has 0 aromatic heterocycles. The van der Waals surface area contributed by atoms with Gasteiger partial charge in [-0.3, -0.25) is 9.59 Å². The molecule has 4 N–H and O–H groups in total. The Kier molecular flexibility index (Phi) is 10.2. The summed E-state index contributed by atoms with van der Waals surface area (Å²) in [6.45, 7) is 2.09. The van der Waals surface area contributed by atoms with Crippen LogP contribution in [0.4, 0.5) is 0 Å². The number of aliphatic hydroxyl groups is 3. The van der Waals surface area contributed by atoms with E-state index in [1.54, 1.807) is 6.92 Å². The predicted octanol–water partition coefficient (Wildman–Crippen LogP) is 0.250. The second-order valence-electron chi connectivity index (χ2n) is 7.26. The summed E-state index contributed by atoms with van der Waals surface area (Å²) in [4.78, 5) is 23.5.